The van der Waals surface area contributed by atoms with Crippen LogP contribution < -0.4 is 5.32 Å². The van der Waals surface area contributed by atoms with Crippen molar-refractivity contribution in [2.45, 2.75) is 33.2 Å². The highest BCUT2D eigenvalue weighted by Crippen LogP contribution is 2.16. The number of likely N-dealkylation sites (N-methyl/N-ethyl adjacent to an activating group) is 1. The number of nitrogens with one attached hydrogen (secondary N) is 1. The van der Waals surface area contributed by atoms with Crippen LogP contribution in [-0.4, -0.2) is 37.0 Å². The second-order valence-corrected chi connectivity index (χ2v) is 6.09. The Kier molecular flexibility index (Phi) is 6.52. The van der Waals surface area contributed by atoms with E-state index in [4.69, 9.17) is 0 Å². The van der Waals surface area contributed by atoms with Crippen LogP contribution in [0.3, 0.4) is 0 Å². The summed E-state index contributed by atoms with van der Waals surface area (Å²) in [6.07, 6.45) is 0.884. The maximum atomic E-state index is 11.9. The Labute approximate surface area is 124 Å². The molecule has 0 atom stereocenters. The zero-order chi connectivity index (χ0) is 14.4. The van der Waals surface area contributed by atoms with E-state index in [2.05, 4.69) is 40.3 Å². The Morgan fingerprint density at radius 2 is 2.11 bits per heavy atom. The van der Waals surface area contributed by atoms with Gasteiger partial charge in [0.15, 0.2) is 0 Å². The van der Waals surface area contributed by atoms with Crippen molar-refractivity contribution in [3.05, 3.63) is 33.8 Å². The molecule has 1 aromatic carbocycles. The molecule has 0 unspecified atom stereocenters. The van der Waals surface area contributed by atoms with Crippen LogP contribution in [0, 0.1) is 6.92 Å². The zero-order valence-corrected chi connectivity index (χ0v) is 13.8. The molecule has 1 rings (SSSR count). The van der Waals surface area contributed by atoms with Gasteiger partial charge in [-0.15, -0.1) is 0 Å². The molecule has 106 valence electrons. The molecule has 0 radical (unpaired) electrons. The van der Waals surface area contributed by atoms with Gasteiger partial charge in [-0.05, 0) is 36.6 Å². The van der Waals surface area contributed by atoms with Gasteiger partial charge in [0.1, 0.15) is 0 Å². The van der Waals surface area contributed by atoms with Gasteiger partial charge < -0.3 is 10.2 Å². The van der Waals surface area contributed by atoms with Crippen molar-refractivity contribution in [3.63, 3.8) is 0 Å². The van der Waals surface area contributed by atoms with Crippen molar-refractivity contribution < 1.29 is 4.79 Å². The summed E-state index contributed by atoms with van der Waals surface area (Å²) >= 11 is 3.48. The van der Waals surface area contributed by atoms with Crippen LogP contribution in [0.1, 0.15) is 25.0 Å². The van der Waals surface area contributed by atoms with Crippen LogP contribution in [0.2, 0.25) is 0 Å². The van der Waals surface area contributed by atoms with Gasteiger partial charge in [-0.2, -0.15) is 0 Å². The highest BCUT2D eigenvalue weighted by molar-refractivity contribution is 9.10. The van der Waals surface area contributed by atoms with Crippen molar-refractivity contribution in [1.82, 2.24) is 10.2 Å². The van der Waals surface area contributed by atoms with E-state index in [1.807, 2.05) is 27.0 Å². The summed E-state index contributed by atoms with van der Waals surface area (Å²) in [6, 6.07) is 6.60. The molecule has 0 aliphatic rings. The molecular weight excluding hydrogens is 304 g/mol. The third-order valence-corrected chi connectivity index (χ3v) is 3.61. The molecular formula is C15H23BrN2O. The SMILES string of the molecule is Cc1ccc(Br)cc1CCN(C)C(=O)CNC(C)C. The fourth-order valence-electron chi connectivity index (χ4n) is 1.75. The van der Waals surface area contributed by atoms with Crippen molar-refractivity contribution in [1.29, 1.82) is 0 Å². The lowest BCUT2D eigenvalue weighted by Gasteiger charge is -2.19. The monoisotopic (exact) mass is 326 g/mol. The summed E-state index contributed by atoms with van der Waals surface area (Å²) in [4.78, 5) is 13.7. The molecule has 19 heavy (non-hydrogen) atoms. The molecule has 0 spiro atoms. The van der Waals surface area contributed by atoms with Crippen molar-refractivity contribution >= 4 is 21.8 Å². The maximum Gasteiger partial charge on any atom is 0.236 e. The predicted octanol–water partition coefficient (Wildman–Crippen LogP) is 2.76. The van der Waals surface area contributed by atoms with E-state index in [1.54, 1.807) is 4.90 Å². The number of rotatable bonds is 6. The van der Waals surface area contributed by atoms with Gasteiger partial charge >= 0.3 is 0 Å². The number of benzene rings is 1. The lowest BCUT2D eigenvalue weighted by molar-refractivity contribution is -0.129. The largest absolute Gasteiger partial charge is 0.344 e. The van der Waals surface area contributed by atoms with Crippen LogP contribution in [0.5, 0.6) is 0 Å². The lowest BCUT2D eigenvalue weighted by atomic mass is 10.1. The first-order valence-corrected chi connectivity index (χ1v) is 7.42. The number of aryl methyl sites for hydroxylation is 1. The Morgan fingerprint density at radius 1 is 1.42 bits per heavy atom. The number of nitrogens with zero attached hydrogens (tertiary/aromatic N) is 1. The smallest absolute Gasteiger partial charge is 0.236 e. The zero-order valence-electron chi connectivity index (χ0n) is 12.2. The minimum absolute atomic E-state index is 0.140. The second kappa shape index (κ2) is 7.65. The quantitative estimate of drug-likeness (QED) is 0.871. The van der Waals surface area contributed by atoms with E-state index in [9.17, 15) is 4.79 Å². The van der Waals surface area contributed by atoms with Crippen LogP contribution in [-0.2, 0) is 11.2 Å². The van der Waals surface area contributed by atoms with Crippen LogP contribution >= 0.6 is 15.9 Å². The average Bonchev–Trinajstić information content (AvgIpc) is 2.36. The molecule has 1 aromatic rings. The standard InChI is InChI=1S/C15H23BrN2O/c1-11(2)17-10-15(19)18(4)8-7-13-9-14(16)6-5-12(13)3/h5-6,9,11,17H,7-8,10H2,1-4H3. The average molecular weight is 327 g/mol. The van der Waals surface area contributed by atoms with Crippen LogP contribution in [0.4, 0.5) is 0 Å². The molecule has 0 aromatic heterocycles. The summed E-state index contributed by atoms with van der Waals surface area (Å²) < 4.78 is 1.09. The van der Waals surface area contributed by atoms with E-state index in [-0.39, 0.29) is 5.91 Å². The van der Waals surface area contributed by atoms with Gasteiger partial charge in [0.05, 0.1) is 6.54 Å². The van der Waals surface area contributed by atoms with Crippen LogP contribution in [0.15, 0.2) is 22.7 Å². The predicted molar refractivity (Wildman–Crippen MR) is 83.4 cm³/mol. The fraction of sp³-hybridized carbons (Fsp3) is 0.533. The number of halogens is 1. The van der Waals surface area contributed by atoms with E-state index in [0.717, 1.165) is 17.4 Å². The van der Waals surface area contributed by atoms with Gasteiger partial charge in [0.25, 0.3) is 0 Å². The second-order valence-electron chi connectivity index (χ2n) is 5.17. The van der Waals surface area contributed by atoms with Gasteiger partial charge in [0.2, 0.25) is 5.91 Å². The van der Waals surface area contributed by atoms with E-state index < -0.39 is 0 Å². The summed E-state index contributed by atoms with van der Waals surface area (Å²) in [5, 5.41) is 3.15. The van der Waals surface area contributed by atoms with Crippen molar-refractivity contribution in [2.24, 2.45) is 0 Å². The maximum absolute atomic E-state index is 11.9. The molecule has 0 aliphatic carbocycles. The molecule has 1 amide bonds. The number of carbonyl (C=O) groups is 1. The van der Waals surface area contributed by atoms with Gasteiger partial charge in [-0.1, -0.05) is 35.8 Å². The molecule has 4 heteroatoms. The van der Waals surface area contributed by atoms with Gasteiger partial charge in [0, 0.05) is 24.1 Å². The fourth-order valence-corrected chi connectivity index (χ4v) is 2.16. The summed E-state index contributed by atoms with van der Waals surface area (Å²) in [5.41, 5.74) is 2.55. The number of carbonyl (C=O) groups excluding carboxylic acids is 1. The summed E-state index contributed by atoms with van der Waals surface area (Å²) in [5.74, 6) is 0.140. The minimum atomic E-state index is 0.140. The van der Waals surface area contributed by atoms with E-state index in [1.165, 1.54) is 11.1 Å². The van der Waals surface area contributed by atoms with Crippen molar-refractivity contribution in [2.75, 3.05) is 20.1 Å². The molecule has 0 aliphatic heterocycles. The lowest BCUT2D eigenvalue weighted by Crippen LogP contribution is -2.39. The molecule has 0 saturated heterocycles. The molecule has 0 saturated carbocycles. The topological polar surface area (TPSA) is 32.3 Å². The number of hydrogen-bond donors (Lipinski definition) is 1. The Balaban J connectivity index is 2.47. The van der Waals surface area contributed by atoms with Gasteiger partial charge in [-0.3, -0.25) is 4.79 Å². The van der Waals surface area contributed by atoms with Gasteiger partial charge in [-0.25, -0.2) is 0 Å². The minimum Gasteiger partial charge on any atom is -0.344 e. The third-order valence-electron chi connectivity index (χ3n) is 3.12. The summed E-state index contributed by atoms with van der Waals surface area (Å²) in [6.45, 7) is 7.34. The first kappa shape index (κ1) is 16.2. The highest BCUT2D eigenvalue weighted by Gasteiger charge is 2.09. The Morgan fingerprint density at radius 3 is 2.74 bits per heavy atom. The first-order valence-electron chi connectivity index (χ1n) is 6.62. The first-order chi connectivity index (χ1) is 8.90. The molecule has 3 nitrogen and oxygen atoms in total. The summed E-state index contributed by atoms with van der Waals surface area (Å²) in [7, 11) is 1.86. The normalized spacial score (nSPS) is 10.8. The van der Waals surface area contributed by atoms with Crippen molar-refractivity contribution in [3.8, 4) is 0 Å². The van der Waals surface area contributed by atoms with E-state index >= 15 is 0 Å². The number of hydrogen-bond acceptors (Lipinski definition) is 2. The number of amides is 1. The molecule has 0 bridgehead atoms. The molecule has 0 fully saturated rings. The van der Waals surface area contributed by atoms with Crippen LogP contribution in [0.25, 0.3) is 0 Å². The Hall–Kier alpha value is -0.870. The Bertz CT molecular complexity index is 432. The molecule has 0 heterocycles. The highest BCUT2D eigenvalue weighted by atomic mass is 79.9. The van der Waals surface area contributed by atoms with E-state index in [0.29, 0.717) is 12.6 Å². The third kappa shape index (κ3) is 5.74. The molecule has 1 N–H and O–H groups in total.